The molecule has 2 rings (SSSR count). The van der Waals surface area contributed by atoms with Crippen molar-refractivity contribution in [1.82, 2.24) is 9.55 Å². The van der Waals surface area contributed by atoms with Gasteiger partial charge in [-0.25, -0.2) is 4.98 Å². The van der Waals surface area contributed by atoms with Gasteiger partial charge in [0.1, 0.15) is 5.82 Å². The summed E-state index contributed by atoms with van der Waals surface area (Å²) in [7, 11) is 0. The average molecular weight is 243 g/mol. The molecule has 2 N–H and O–H groups in total. The number of aryl methyl sites for hydroxylation is 1. The molecular weight excluding hydrogens is 222 g/mol. The van der Waals surface area contributed by atoms with Crippen LogP contribution in [0.1, 0.15) is 26.2 Å². The monoisotopic (exact) mass is 243 g/mol. The molecule has 0 aliphatic rings. The molecule has 0 saturated carbocycles. The Morgan fingerprint density at radius 1 is 1.28 bits per heavy atom. The van der Waals surface area contributed by atoms with E-state index in [-0.39, 0.29) is 0 Å². The molecule has 3 heteroatoms. The maximum absolute atomic E-state index is 5.94. The Labute approximate surface area is 109 Å². The van der Waals surface area contributed by atoms with E-state index in [1.165, 1.54) is 5.56 Å². The normalized spacial score (nSPS) is 12.6. The Morgan fingerprint density at radius 3 is 2.78 bits per heavy atom. The molecule has 0 saturated heterocycles. The Balaban J connectivity index is 2.00. The van der Waals surface area contributed by atoms with Crippen molar-refractivity contribution in [3.63, 3.8) is 0 Å². The van der Waals surface area contributed by atoms with Crippen LogP contribution < -0.4 is 5.73 Å². The molecule has 1 heterocycles. The molecule has 1 unspecified atom stereocenters. The number of aromatic nitrogens is 2. The SMILES string of the molecule is CCC(N)CCCn1ccnc1-c1ccccc1. The van der Waals surface area contributed by atoms with Gasteiger partial charge in [0, 0.05) is 30.5 Å². The zero-order valence-corrected chi connectivity index (χ0v) is 10.9. The highest BCUT2D eigenvalue weighted by Crippen LogP contribution is 2.17. The highest BCUT2D eigenvalue weighted by atomic mass is 15.1. The first-order valence-electron chi connectivity index (χ1n) is 6.63. The van der Waals surface area contributed by atoms with Gasteiger partial charge < -0.3 is 10.3 Å². The van der Waals surface area contributed by atoms with E-state index in [9.17, 15) is 0 Å². The predicted octanol–water partition coefficient (Wildman–Crippen LogP) is 3.07. The molecule has 1 aromatic heterocycles. The van der Waals surface area contributed by atoms with E-state index in [1.54, 1.807) is 0 Å². The molecule has 1 atom stereocenters. The highest BCUT2D eigenvalue weighted by molar-refractivity contribution is 5.54. The molecule has 96 valence electrons. The minimum absolute atomic E-state index is 0.327. The quantitative estimate of drug-likeness (QED) is 0.847. The zero-order chi connectivity index (χ0) is 12.8. The average Bonchev–Trinajstić information content (AvgIpc) is 2.88. The molecule has 18 heavy (non-hydrogen) atoms. The maximum Gasteiger partial charge on any atom is 0.139 e. The molecule has 1 aromatic carbocycles. The van der Waals surface area contributed by atoms with E-state index < -0.39 is 0 Å². The van der Waals surface area contributed by atoms with Crippen molar-refractivity contribution in [2.75, 3.05) is 0 Å². The van der Waals surface area contributed by atoms with Crippen molar-refractivity contribution >= 4 is 0 Å². The van der Waals surface area contributed by atoms with Crippen LogP contribution in [0.15, 0.2) is 42.7 Å². The van der Waals surface area contributed by atoms with Gasteiger partial charge in [0.25, 0.3) is 0 Å². The first-order chi connectivity index (χ1) is 8.81. The van der Waals surface area contributed by atoms with Crippen molar-refractivity contribution in [3.8, 4) is 11.4 Å². The summed E-state index contributed by atoms with van der Waals surface area (Å²) in [6, 6.07) is 10.6. The van der Waals surface area contributed by atoms with Gasteiger partial charge in [-0.1, -0.05) is 37.3 Å². The number of hydrogen-bond acceptors (Lipinski definition) is 2. The molecule has 0 spiro atoms. The van der Waals surface area contributed by atoms with Gasteiger partial charge in [-0.05, 0) is 19.3 Å². The van der Waals surface area contributed by atoms with Crippen molar-refractivity contribution in [3.05, 3.63) is 42.7 Å². The van der Waals surface area contributed by atoms with E-state index in [0.29, 0.717) is 6.04 Å². The topological polar surface area (TPSA) is 43.8 Å². The second kappa shape index (κ2) is 6.36. The molecule has 2 aromatic rings. The lowest BCUT2D eigenvalue weighted by atomic mass is 10.1. The van der Waals surface area contributed by atoms with Gasteiger partial charge in [0.2, 0.25) is 0 Å². The minimum Gasteiger partial charge on any atom is -0.331 e. The smallest absolute Gasteiger partial charge is 0.139 e. The second-order valence-electron chi connectivity index (χ2n) is 4.62. The van der Waals surface area contributed by atoms with E-state index in [1.807, 2.05) is 30.6 Å². The van der Waals surface area contributed by atoms with Crippen LogP contribution in [0.5, 0.6) is 0 Å². The van der Waals surface area contributed by atoms with Crippen molar-refractivity contribution < 1.29 is 0 Å². The Hall–Kier alpha value is -1.61. The number of imidazole rings is 1. The number of rotatable bonds is 6. The lowest BCUT2D eigenvalue weighted by Gasteiger charge is -2.10. The molecule has 0 aliphatic heterocycles. The fourth-order valence-corrected chi connectivity index (χ4v) is 2.07. The fraction of sp³-hybridized carbons (Fsp3) is 0.400. The minimum atomic E-state index is 0.327. The van der Waals surface area contributed by atoms with Crippen LogP contribution in [0.3, 0.4) is 0 Å². The number of hydrogen-bond donors (Lipinski definition) is 1. The van der Waals surface area contributed by atoms with Gasteiger partial charge in [0.15, 0.2) is 0 Å². The van der Waals surface area contributed by atoms with Gasteiger partial charge in [-0.15, -0.1) is 0 Å². The molecule has 0 aliphatic carbocycles. The van der Waals surface area contributed by atoms with E-state index in [2.05, 4.69) is 28.6 Å². The summed E-state index contributed by atoms with van der Waals surface area (Å²) >= 11 is 0. The molecular formula is C15H21N3. The molecule has 0 bridgehead atoms. The molecule has 0 radical (unpaired) electrons. The summed E-state index contributed by atoms with van der Waals surface area (Å²) in [6.07, 6.45) is 7.13. The maximum atomic E-state index is 5.94. The summed E-state index contributed by atoms with van der Waals surface area (Å²) in [5.41, 5.74) is 7.11. The fourth-order valence-electron chi connectivity index (χ4n) is 2.07. The van der Waals surface area contributed by atoms with E-state index >= 15 is 0 Å². The van der Waals surface area contributed by atoms with Gasteiger partial charge in [-0.2, -0.15) is 0 Å². The van der Waals surface area contributed by atoms with Crippen molar-refractivity contribution in [2.24, 2.45) is 5.73 Å². The summed E-state index contributed by atoms with van der Waals surface area (Å²) in [5.74, 6) is 1.04. The lowest BCUT2D eigenvalue weighted by Crippen LogP contribution is -2.18. The number of benzene rings is 1. The van der Waals surface area contributed by atoms with Crippen LogP contribution in [-0.4, -0.2) is 15.6 Å². The Bertz CT molecular complexity index is 462. The number of nitrogens with zero attached hydrogens (tertiary/aromatic N) is 2. The lowest BCUT2D eigenvalue weighted by molar-refractivity contribution is 0.527. The third-order valence-corrected chi connectivity index (χ3v) is 3.25. The third kappa shape index (κ3) is 3.20. The van der Waals surface area contributed by atoms with Gasteiger partial charge in [0.05, 0.1) is 0 Å². The van der Waals surface area contributed by atoms with Crippen LogP contribution >= 0.6 is 0 Å². The predicted molar refractivity (Wildman–Crippen MR) is 75.2 cm³/mol. The van der Waals surface area contributed by atoms with Crippen LogP contribution in [0.2, 0.25) is 0 Å². The van der Waals surface area contributed by atoms with Crippen LogP contribution in [0.4, 0.5) is 0 Å². The first-order valence-corrected chi connectivity index (χ1v) is 6.63. The summed E-state index contributed by atoms with van der Waals surface area (Å²) in [4.78, 5) is 4.44. The Kier molecular flexibility index (Phi) is 4.53. The van der Waals surface area contributed by atoms with Crippen molar-refractivity contribution in [2.45, 2.75) is 38.8 Å². The number of nitrogens with two attached hydrogens (primary N) is 1. The van der Waals surface area contributed by atoms with Crippen LogP contribution in [0, 0.1) is 0 Å². The van der Waals surface area contributed by atoms with E-state index in [0.717, 1.165) is 31.6 Å². The summed E-state index contributed by atoms with van der Waals surface area (Å²) in [6.45, 7) is 3.12. The zero-order valence-electron chi connectivity index (χ0n) is 10.9. The van der Waals surface area contributed by atoms with Crippen LogP contribution in [0.25, 0.3) is 11.4 Å². The molecule has 0 fully saturated rings. The molecule has 0 amide bonds. The standard InChI is InChI=1S/C15H21N3/c1-2-14(16)9-6-11-18-12-10-17-15(18)13-7-4-3-5-8-13/h3-5,7-8,10,12,14H,2,6,9,11,16H2,1H3. The Morgan fingerprint density at radius 2 is 2.06 bits per heavy atom. The van der Waals surface area contributed by atoms with Gasteiger partial charge >= 0.3 is 0 Å². The second-order valence-corrected chi connectivity index (χ2v) is 4.62. The largest absolute Gasteiger partial charge is 0.331 e. The summed E-state index contributed by atoms with van der Waals surface area (Å²) < 4.78 is 2.21. The first kappa shape index (κ1) is 12.8. The summed E-state index contributed by atoms with van der Waals surface area (Å²) in [5, 5.41) is 0. The molecule has 3 nitrogen and oxygen atoms in total. The van der Waals surface area contributed by atoms with Crippen molar-refractivity contribution in [1.29, 1.82) is 0 Å². The van der Waals surface area contributed by atoms with Crippen LogP contribution in [-0.2, 0) is 6.54 Å². The third-order valence-electron chi connectivity index (χ3n) is 3.25. The van der Waals surface area contributed by atoms with E-state index in [4.69, 9.17) is 5.73 Å². The highest BCUT2D eigenvalue weighted by Gasteiger charge is 2.05. The van der Waals surface area contributed by atoms with Gasteiger partial charge in [-0.3, -0.25) is 0 Å².